The summed E-state index contributed by atoms with van der Waals surface area (Å²) < 4.78 is 1.06. The van der Waals surface area contributed by atoms with Crippen molar-refractivity contribution in [1.82, 2.24) is 5.32 Å². The van der Waals surface area contributed by atoms with Gasteiger partial charge in [-0.2, -0.15) is 5.26 Å². The molecule has 1 aromatic heterocycles. The molecule has 0 aliphatic rings. The first-order valence-electron chi connectivity index (χ1n) is 5.67. The molecule has 0 fully saturated rings. The van der Waals surface area contributed by atoms with Gasteiger partial charge in [-0.3, -0.25) is 4.79 Å². The number of amides is 1. The van der Waals surface area contributed by atoms with Gasteiger partial charge in [0, 0.05) is 4.88 Å². The number of carbonyl (C=O) groups excluding carboxylic acids is 1. The van der Waals surface area contributed by atoms with E-state index in [2.05, 4.69) is 27.3 Å². The van der Waals surface area contributed by atoms with Crippen LogP contribution in [0.3, 0.4) is 0 Å². The molecule has 2 rings (SSSR count). The maximum atomic E-state index is 11.8. The molecule has 1 amide bonds. The number of carbonyl (C=O) groups is 1. The molecule has 0 aliphatic carbocycles. The molecule has 0 saturated heterocycles. The molecule has 1 heterocycles. The average Bonchev–Trinajstić information content (AvgIpc) is 2.83. The van der Waals surface area contributed by atoms with Gasteiger partial charge in [0.05, 0.1) is 28.4 Å². The Morgan fingerprint density at radius 2 is 2.00 bits per heavy atom. The maximum Gasteiger partial charge on any atom is 0.224 e. The number of rotatable bonds is 4. The van der Waals surface area contributed by atoms with Gasteiger partial charge in [0.15, 0.2) is 0 Å². The minimum atomic E-state index is -0.0192. The van der Waals surface area contributed by atoms with E-state index in [1.807, 2.05) is 12.1 Å². The molecule has 0 bridgehead atoms. The quantitative estimate of drug-likeness (QED) is 0.933. The van der Waals surface area contributed by atoms with E-state index in [0.29, 0.717) is 18.5 Å². The van der Waals surface area contributed by atoms with Gasteiger partial charge in [0.25, 0.3) is 0 Å². The minimum absolute atomic E-state index is 0.0192. The van der Waals surface area contributed by atoms with Crippen molar-refractivity contribution in [3.8, 4) is 6.07 Å². The first-order valence-corrected chi connectivity index (χ1v) is 7.28. The van der Waals surface area contributed by atoms with Crippen LogP contribution in [0.2, 0.25) is 0 Å². The van der Waals surface area contributed by atoms with Crippen LogP contribution in [0.1, 0.15) is 16.0 Å². The summed E-state index contributed by atoms with van der Waals surface area (Å²) in [6, 6.07) is 13.1. The van der Waals surface area contributed by atoms with Crippen LogP contribution in [0.25, 0.3) is 0 Å². The van der Waals surface area contributed by atoms with Crippen molar-refractivity contribution in [1.29, 1.82) is 5.26 Å². The number of thiophene rings is 1. The molecule has 0 radical (unpaired) electrons. The molecule has 0 unspecified atom stereocenters. The second kappa shape index (κ2) is 6.50. The molecule has 2 aromatic rings. The monoisotopic (exact) mass is 334 g/mol. The highest BCUT2D eigenvalue weighted by Crippen LogP contribution is 2.21. The number of nitrogens with zero attached hydrogens (tertiary/aromatic N) is 1. The molecule has 3 nitrogen and oxygen atoms in total. The topological polar surface area (TPSA) is 52.9 Å². The van der Waals surface area contributed by atoms with Crippen molar-refractivity contribution in [2.45, 2.75) is 13.0 Å². The minimum Gasteiger partial charge on any atom is -0.351 e. The molecular formula is C14H11BrN2OS. The predicted octanol–water partition coefficient (Wildman–Crippen LogP) is 3.24. The number of nitrogens with one attached hydrogen (secondary N) is 1. The third-order valence-electron chi connectivity index (χ3n) is 2.54. The largest absolute Gasteiger partial charge is 0.351 e. The van der Waals surface area contributed by atoms with Gasteiger partial charge < -0.3 is 5.32 Å². The lowest BCUT2D eigenvalue weighted by molar-refractivity contribution is -0.120. The second-order valence-electron chi connectivity index (χ2n) is 3.97. The molecule has 19 heavy (non-hydrogen) atoms. The standard InChI is InChI=1S/C14H11BrN2OS/c15-13-6-5-12(19-13)9-17-14(18)7-10-1-3-11(8-16)4-2-10/h1-6H,7,9H2,(H,17,18). The van der Waals surface area contributed by atoms with E-state index in [1.54, 1.807) is 35.6 Å². The normalized spacial score (nSPS) is 9.89. The van der Waals surface area contributed by atoms with Crippen LogP contribution in [-0.4, -0.2) is 5.91 Å². The van der Waals surface area contributed by atoms with E-state index in [9.17, 15) is 4.79 Å². The van der Waals surface area contributed by atoms with Crippen LogP contribution < -0.4 is 5.32 Å². The first kappa shape index (κ1) is 13.8. The maximum absolute atomic E-state index is 11.8. The Labute approximate surface area is 124 Å². The highest BCUT2D eigenvalue weighted by Gasteiger charge is 2.04. The van der Waals surface area contributed by atoms with Gasteiger partial charge in [-0.25, -0.2) is 0 Å². The Bertz CT molecular complexity index is 613. The summed E-state index contributed by atoms with van der Waals surface area (Å²) in [5, 5.41) is 11.6. The van der Waals surface area contributed by atoms with Gasteiger partial charge in [-0.15, -0.1) is 11.3 Å². The summed E-state index contributed by atoms with van der Waals surface area (Å²) in [4.78, 5) is 12.9. The lowest BCUT2D eigenvalue weighted by Crippen LogP contribution is -2.24. The van der Waals surface area contributed by atoms with Crippen LogP contribution in [0.15, 0.2) is 40.2 Å². The van der Waals surface area contributed by atoms with Crippen LogP contribution in [0.4, 0.5) is 0 Å². The van der Waals surface area contributed by atoms with Gasteiger partial charge in [0.1, 0.15) is 0 Å². The van der Waals surface area contributed by atoms with Gasteiger partial charge in [-0.1, -0.05) is 12.1 Å². The van der Waals surface area contributed by atoms with E-state index in [0.717, 1.165) is 14.2 Å². The third-order valence-corrected chi connectivity index (χ3v) is 4.16. The van der Waals surface area contributed by atoms with Crippen LogP contribution in [-0.2, 0) is 17.8 Å². The molecule has 96 valence electrons. The van der Waals surface area contributed by atoms with E-state index < -0.39 is 0 Å². The van der Waals surface area contributed by atoms with Gasteiger partial charge in [-0.05, 0) is 45.8 Å². The summed E-state index contributed by atoms with van der Waals surface area (Å²) in [5.41, 5.74) is 1.51. The van der Waals surface area contributed by atoms with Gasteiger partial charge in [0.2, 0.25) is 5.91 Å². The molecule has 1 aromatic carbocycles. The Kier molecular flexibility index (Phi) is 4.72. The Morgan fingerprint density at radius 1 is 1.26 bits per heavy atom. The second-order valence-corrected chi connectivity index (χ2v) is 6.52. The zero-order chi connectivity index (χ0) is 13.7. The van der Waals surface area contributed by atoms with Crippen molar-refractivity contribution in [2.24, 2.45) is 0 Å². The third kappa shape index (κ3) is 4.19. The zero-order valence-electron chi connectivity index (χ0n) is 10.0. The van der Waals surface area contributed by atoms with E-state index >= 15 is 0 Å². The molecule has 1 N–H and O–H groups in total. The van der Waals surface area contributed by atoms with E-state index in [-0.39, 0.29) is 5.91 Å². The smallest absolute Gasteiger partial charge is 0.224 e. The van der Waals surface area contributed by atoms with Crippen molar-refractivity contribution in [3.63, 3.8) is 0 Å². The van der Waals surface area contributed by atoms with Crippen molar-refractivity contribution >= 4 is 33.2 Å². The molecule has 0 atom stereocenters. The van der Waals surface area contributed by atoms with Crippen molar-refractivity contribution < 1.29 is 4.79 Å². The van der Waals surface area contributed by atoms with Crippen molar-refractivity contribution in [3.05, 3.63) is 56.2 Å². The lowest BCUT2D eigenvalue weighted by atomic mass is 10.1. The van der Waals surface area contributed by atoms with Crippen LogP contribution in [0, 0.1) is 11.3 Å². The summed E-state index contributed by atoms with van der Waals surface area (Å²) in [6.45, 7) is 0.547. The fraction of sp³-hybridized carbons (Fsp3) is 0.143. The summed E-state index contributed by atoms with van der Waals surface area (Å²) in [5.74, 6) is -0.0192. The SMILES string of the molecule is N#Cc1ccc(CC(=O)NCc2ccc(Br)s2)cc1. The summed E-state index contributed by atoms with van der Waals surface area (Å²) >= 11 is 4.99. The number of benzene rings is 1. The zero-order valence-corrected chi connectivity index (χ0v) is 12.4. The van der Waals surface area contributed by atoms with Crippen LogP contribution in [0.5, 0.6) is 0 Å². The highest BCUT2D eigenvalue weighted by atomic mass is 79.9. The van der Waals surface area contributed by atoms with Crippen LogP contribution >= 0.6 is 27.3 Å². The summed E-state index contributed by atoms with van der Waals surface area (Å²) in [7, 11) is 0. The lowest BCUT2D eigenvalue weighted by Gasteiger charge is -2.04. The number of nitriles is 1. The predicted molar refractivity (Wildman–Crippen MR) is 78.7 cm³/mol. The van der Waals surface area contributed by atoms with Gasteiger partial charge >= 0.3 is 0 Å². The highest BCUT2D eigenvalue weighted by molar-refractivity contribution is 9.11. The first-order chi connectivity index (χ1) is 9.17. The molecule has 0 spiro atoms. The number of hydrogen-bond acceptors (Lipinski definition) is 3. The van der Waals surface area contributed by atoms with Crippen molar-refractivity contribution in [2.75, 3.05) is 0 Å². The van der Waals surface area contributed by atoms with E-state index in [1.165, 1.54) is 0 Å². The number of hydrogen-bond donors (Lipinski definition) is 1. The molecule has 0 saturated carbocycles. The number of halogens is 1. The Balaban J connectivity index is 1.85. The molecule has 5 heteroatoms. The molecular weight excluding hydrogens is 324 g/mol. The fourth-order valence-electron chi connectivity index (χ4n) is 1.58. The Morgan fingerprint density at radius 3 is 2.58 bits per heavy atom. The Hall–Kier alpha value is -1.64. The summed E-state index contributed by atoms with van der Waals surface area (Å²) in [6.07, 6.45) is 0.332. The fourth-order valence-corrected chi connectivity index (χ4v) is 3.00. The average molecular weight is 335 g/mol. The van der Waals surface area contributed by atoms with E-state index in [4.69, 9.17) is 5.26 Å². The molecule has 0 aliphatic heterocycles.